The molecule has 5 heteroatoms. The molecule has 0 radical (unpaired) electrons. The molecule has 1 saturated carbocycles. The molecule has 3 N–H and O–H groups in total. The van der Waals surface area contributed by atoms with Crippen LogP contribution in [-0.2, 0) is 10.0 Å². The largest absolute Gasteiger partial charge is 0.398 e. The van der Waals surface area contributed by atoms with Crippen LogP contribution in [0, 0.1) is 19.8 Å². The molecule has 0 spiro atoms. The zero-order valence-electron chi connectivity index (χ0n) is 12.4. The fourth-order valence-electron chi connectivity index (χ4n) is 2.77. The standard InChI is InChI=1S/C15H24N2O2S/c1-10-6-4-5-7-15(10)17-20(18,19)13-8-11(2)12(3)14(16)9-13/h8-10,15,17H,4-7,16H2,1-3H3. The van der Waals surface area contributed by atoms with Crippen LogP contribution in [0.4, 0.5) is 5.69 Å². The van der Waals surface area contributed by atoms with Crippen LogP contribution in [-0.4, -0.2) is 14.5 Å². The van der Waals surface area contributed by atoms with Crippen LogP contribution in [0.2, 0.25) is 0 Å². The van der Waals surface area contributed by atoms with Gasteiger partial charge in [-0.05, 0) is 55.9 Å². The number of benzene rings is 1. The first kappa shape index (κ1) is 15.3. The lowest BCUT2D eigenvalue weighted by Gasteiger charge is -2.29. The van der Waals surface area contributed by atoms with Crippen LogP contribution in [0.1, 0.15) is 43.7 Å². The Morgan fingerprint density at radius 1 is 1.20 bits per heavy atom. The highest BCUT2D eigenvalue weighted by Crippen LogP contribution is 2.26. The molecule has 1 aliphatic carbocycles. The number of nitrogens with one attached hydrogen (secondary N) is 1. The van der Waals surface area contributed by atoms with Crippen LogP contribution in [0.15, 0.2) is 17.0 Å². The maximum Gasteiger partial charge on any atom is 0.240 e. The van der Waals surface area contributed by atoms with Crippen molar-refractivity contribution in [3.05, 3.63) is 23.3 Å². The number of nitrogens with two attached hydrogens (primary N) is 1. The zero-order valence-corrected chi connectivity index (χ0v) is 13.3. The summed E-state index contributed by atoms with van der Waals surface area (Å²) in [6, 6.07) is 3.29. The lowest BCUT2D eigenvalue weighted by molar-refractivity contribution is 0.310. The van der Waals surface area contributed by atoms with Gasteiger partial charge in [-0.2, -0.15) is 0 Å². The first-order chi connectivity index (χ1) is 9.31. The Bertz CT molecular complexity index is 573. The van der Waals surface area contributed by atoms with Crippen LogP contribution in [0.5, 0.6) is 0 Å². The minimum Gasteiger partial charge on any atom is -0.398 e. The van der Waals surface area contributed by atoms with Crippen molar-refractivity contribution in [1.82, 2.24) is 4.72 Å². The van der Waals surface area contributed by atoms with Crippen LogP contribution >= 0.6 is 0 Å². The summed E-state index contributed by atoms with van der Waals surface area (Å²) in [6.45, 7) is 5.90. The first-order valence-corrected chi connectivity index (χ1v) is 8.68. The molecule has 2 atom stereocenters. The smallest absolute Gasteiger partial charge is 0.240 e. The van der Waals surface area contributed by atoms with Crippen molar-refractivity contribution < 1.29 is 8.42 Å². The second-order valence-electron chi connectivity index (χ2n) is 5.94. The van der Waals surface area contributed by atoms with E-state index < -0.39 is 10.0 Å². The van der Waals surface area contributed by atoms with Gasteiger partial charge >= 0.3 is 0 Å². The van der Waals surface area contributed by atoms with Gasteiger partial charge in [-0.25, -0.2) is 13.1 Å². The van der Waals surface area contributed by atoms with E-state index in [0.717, 1.165) is 30.4 Å². The minimum absolute atomic E-state index is 0.0385. The van der Waals surface area contributed by atoms with Crippen molar-refractivity contribution in [3.8, 4) is 0 Å². The molecule has 4 nitrogen and oxygen atoms in total. The maximum atomic E-state index is 12.5. The Balaban J connectivity index is 2.26. The third-order valence-electron chi connectivity index (χ3n) is 4.41. The van der Waals surface area contributed by atoms with Crippen molar-refractivity contribution in [2.75, 3.05) is 5.73 Å². The van der Waals surface area contributed by atoms with E-state index >= 15 is 0 Å². The number of aryl methyl sites for hydroxylation is 1. The van der Waals surface area contributed by atoms with Crippen LogP contribution in [0.3, 0.4) is 0 Å². The fourth-order valence-corrected chi connectivity index (χ4v) is 4.27. The highest BCUT2D eigenvalue weighted by molar-refractivity contribution is 7.89. The molecule has 112 valence electrons. The van der Waals surface area contributed by atoms with Crippen LogP contribution in [0.25, 0.3) is 0 Å². The Morgan fingerprint density at radius 2 is 1.85 bits per heavy atom. The minimum atomic E-state index is -3.48. The average molecular weight is 296 g/mol. The third-order valence-corrected chi connectivity index (χ3v) is 5.88. The fraction of sp³-hybridized carbons (Fsp3) is 0.600. The van der Waals surface area contributed by atoms with Gasteiger partial charge in [0.1, 0.15) is 0 Å². The molecule has 20 heavy (non-hydrogen) atoms. The second kappa shape index (κ2) is 5.74. The van der Waals surface area contributed by atoms with Gasteiger partial charge in [0.15, 0.2) is 0 Å². The van der Waals surface area contributed by atoms with Crippen molar-refractivity contribution in [3.63, 3.8) is 0 Å². The molecule has 0 amide bonds. The summed E-state index contributed by atoms with van der Waals surface area (Å²) in [4.78, 5) is 0.274. The van der Waals surface area contributed by atoms with Gasteiger partial charge in [0, 0.05) is 11.7 Å². The molecule has 0 heterocycles. The van der Waals surface area contributed by atoms with Gasteiger partial charge < -0.3 is 5.73 Å². The van der Waals surface area contributed by atoms with Gasteiger partial charge in [0.2, 0.25) is 10.0 Å². The molecule has 0 aliphatic heterocycles. The third kappa shape index (κ3) is 3.15. The predicted octanol–water partition coefficient (Wildman–Crippen LogP) is 2.74. The van der Waals surface area contributed by atoms with E-state index in [1.54, 1.807) is 12.1 Å². The number of hydrogen-bond acceptors (Lipinski definition) is 3. The molecular weight excluding hydrogens is 272 g/mol. The summed E-state index contributed by atoms with van der Waals surface area (Å²) in [7, 11) is -3.48. The lowest BCUT2D eigenvalue weighted by Crippen LogP contribution is -2.41. The van der Waals surface area contributed by atoms with E-state index in [0.29, 0.717) is 11.6 Å². The SMILES string of the molecule is Cc1cc(S(=O)(=O)NC2CCCCC2C)cc(N)c1C. The van der Waals surface area contributed by atoms with E-state index in [9.17, 15) is 8.42 Å². The van der Waals surface area contributed by atoms with Gasteiger partial charge in [0.25, 0.3) is 0 Å². The van der Waals surface area contributed by atoms with E-state index in [2.05, 4.69) is 11.6 Å². The second-order valence-corrected chi connectivity index (χ2v) is 7.66. The van der Waals surface area contributed by atoms with E-state index in [1.807, 2.05) is 13.8 Å². The van der Waals surface area contributed by atoms with Crippen LogP contribution < -0.4 is 10.5 Å². The van der Waals surface area contributed by atoms with E-state index in [1.165, 1.54) is 6.42 Å². The quantitative estimate of drug-likeness (QED) is 0.842. The lowest BCUT2D eigenvalue weighted by atomic mass is 9.87. The highest BCUT2D eigenvalue weighted by Gasteiger charge is 2.27. The molecule has 1 fully saturated rings. The van der Waals surface area contributed by atoms with Crippen molar-refractivity contribution in [2.45, 2.75) is 57.4 Å². The Morgan fingerprint density at radius 3 is 2.45 bits per heavy atom. The molecule has 1 aromatic rings. The normalized spacial score (nSPS) is 23.8. The van der Waals surface area contributed by atoms with Gasteiger partial charge in [-0.15, -0.1) is 0 Å². The highest BCUT2D eigenvalue weighted by atomic mass is 32.2. The molecule has 0 aromatic heterocycles. The molecule has 2 unspecified atom stereocenters. The summed E-state index contributed by atoms with van der Waals surface area (Å²) in [5.41, 5.74) is 8.26. The average Bonchev–Trinajstić information content (AvgIpc) is 2.38. The van der Waals surface area contributed by atoms with Crippen molar-refractivity contribution >= 4 is 15.7 Å². The molecule has 1 aromatic carbocycles. The van der Waals surface area contributed by atoms with Crippen molar-refractivity contribution in [1.29, 1.82) is 0 Å². The van der Waals surface area contributed by atoms with E-state index in [-0.39, 0.29) is 10.9 Å². The number of anilines is 1. The molecule has 0 bridgehead atoms. The monoisotopic (exact) mass is 296 g/mol. The van der Waals surface area contributed by atoms with E-state index in [4.69, 9.17) is 5.73 Å². The Labute approximate surface area is 121 Å². The molecule has 2 rings (SSSR count). The Kier molecular flexibility index (Phi) is 4.39. The van der Waals surface area contributed by atoms with Gasteiger partial charge in [-0.3, -0.25) is 0 Å². The Hall–Kier alpha value is -1.07. The molecular formula is C15H24N2O2S. The summed E-state index contributed by atoms with van der Waals surface area (Å²) in [6.07, 6.45) is 4.28. The summed E-state index contributed by atoms with van der Waals surface area (Å²) < 4.78 is 27.8. The molecule has 1 aliphatic rings. The summed E-state index contributed by atoms with van der Waals surface area (Å²) in [5.74, 6) is 0.391. The summed E-state index contributed by atoms with van der Waals surface area (Å²) >= 11 is 0. The van der Waals surface area contributed by atoms with Gasteiger partial charge in [-0.1, -0.05) is 19.8 Å². The predicted molar refractivity (Wildman–Crippen MR) is 82.1 cm³/mol. The zero-order chi connectivity index (χ0) is 14.9. The first-order valence-electron chi connectivity index (χ1n) is 7.20. The number of sulfonamides is 1. The topological polar surface area (TPSA) is 72.2 Å². The number of hydrogen-bond donors (Lipinski definition) is 2. The number of rotatable bonds is 3. The summed E-state index contributed by atoms with van der Waals surface area (Å²) in [5, 5.41) is 0. The van der Waals surface area contributed by atoms with Crippen molar-refractivity contribution in [2.24, 2.45) is 5.92 Å². The number of nitrogen functional groups attached to an aromatic ring is 1. The molecule has 0 saturated heterocycles. The maximum absolute atomic E-state index is 12.5. The van der Waals surface area contributed by atoms with Gasteiger partial charge in [0.05, 0.1) is 4.90 Å².